The molecule has 0 bridgehead atoms. The lowest BCUT2D eigenvalue weighted by atomic mass is 9.98. The standard InChI is InChI=1S/C19H14Cl2O2/c1-23-18-8-3-2-5-15(18)12-9-13(11-14(22)10-12)19-16(20)6-4-7-17(19)21/h2-11,22H,1H3. The lowest BCUT2D eigenvalue weighted by molar-refractivity contribution is 0.416. The molecule has 116 valence electrons. The summed E-state index contributed by atoms with van der Waals surface area (Å²) in [6.45, 7) is 0. The number of para-hydroxylation sites is 1. The Bertz CT molecular complexity index is 839. The zero-order valence-electron chi connectivity index (χ0n) is 12.4. The molecule has 3 rings (SSSR count). The van der Waals surface area contributed by atoms with Crippen LogP contribution in [0.25, 0.3) is 22.3 Å². The highest BCUT2D eigenvalue weighted by atomic mass is 35.5. The van der Waals surface area contributed by atoms with E-state index < -0.39 is 0 Å². The van der Waals surface area contributed by atoms with E-state index in [1.54, 1.807) is 37.4 Å². The van der Waals surface area contributed by atoms with Crippen molar-refractivity contribution in [1.82, 2.24) is 0 Å². The van der Waals surface area contributed by atoms with Crippen molar-refractivity contribution in [3.05, 3.63) is 70.7 Å². The highest BCUT2D eigenvalue weighted by Crippen LogP contribution is 2.40. The van der Waals surface area contributed by atoms with Crippen molar-refractivity contribution < 1.29 is 9.84 Å². The second-order valence-electron chi connectivity index (χ2n) is 5.07. The summed E-state index contributed by atoms with van der Waals surface area (Å²) in [5, 5.41) is 11.2. The summed E-state index contributed by atoms with van der Waals surface area (Å²) in [4.78, 5) is 0. The van der Waals surface area contributed by atoms with Crippen LogP contribution >= 0.6 is 23.2 Å². The molecule has 0 aliphatic heterocycles. The molecule has 0 atom stereocenters. The maximum absolute atomic E-state index is 10.1. The predicted molar refractivity (Wildman–Crippen MR) is 95.6 cm³/mol. The number of phenols is 1. The van der Waals surface area contributed by atoms with Gasteiger partial charge in [-0.1, -0.05) is 47.5 Å². The Morgan fingerprint density at radius 2 is 1.48 bits per heavy atom. The SMILES string of the molecule is COc1ccccc1-c1cc(O)cc(-c2c(Cl)cccc2Cl)c1. The number of hydrogen-bond acceptors (Lipinski definition) is 2. The van der Waals surface area contributed by atoms with Gasteiger partial charge in [0.05, 0.1) is 7.11 Å². The fourth-order valence-corrected chi connectivity index (χ4v) is 3.18. The summed E-state index contributed by atoms with van der Waals surface area (Å²) >= 11 is 12.6. The minimum Gasteiger partial charge on any atom is -0.508 e. The van der Waals surface area contributed by atoms with Crippen LogP contribution < -0.4 is 4.74 Å². The molecule has 0 saturated carbocycles. The van der Waals surface area contributed by atoms with E-state index in [-0.39, 0.29) is 5.75 Å². The minimum atomic E-state index is 0.138. The second-order valence-corrected chi connectivity index (χ2v) is 5.88. The maximum atomic E-state index is 10.1. The highest BCUT2D eigenvalue weighted by molar-refractivity contribution is 6.39. The van der Waals surface area contributed by atoms with E-state index in [9.17, 15) is 5.11 Å². The van der Waals surface area contributed by atoms with Crippen molar-refractivity contribution in [2.45, 2.75) is 0 Å². The molecule has 0 radical (unpaired) electrons. The molecule has 3 aromatic carbocycles. The number of phenolic OH excluding ortho intramolecular Hbond substituents is 1. The van der Waals surface area contributed by atoms with Crippen LogP contribution in [0.2, 0.25) is 10.0 Å². The molecule has 0 unspecified atom stereocenters. The second kappa shape index (κ2) is 6.53. The molecule has 0 heterocycles. The molecular formula is C19H14Cl2O2. The molecule has 23 heavy (non-hydrogen) atoms. The number of aromatic hydroxyl groups is 1. The van der Waals surface area contributed by atoms with E-state index in [0.717, 1.165) is 22.4 Å². The van der Waals surface area contributed by atoms with Crippen LogP contribution in [-0.2, 0) is 0 Å². The van der Waals surface area contributed by atoms with Crippen molar-refractivity contribution in [2.24, 2.45) is 0 Å². The van der Waals surface area contributed by atoms with E-state index in [4.69, 9.17) is 27.9 Å². The van der Waals surface area contributed by atoms with Crippen LogP contribution in [0.4, 0.5) is 0 Å². The highest BCUT2D eigenvalue weighted by Gasteiger charge is 2.13. The first-order chi connectivity index (χ1) is 11.1. The van der Waals surface area contributed by atoms with Gasteiger partial charge in [0.15, 0.2) is 0 Å². The summed E-state index contributed by atoms with van der Waals surface area (Å²) in [6, 6.07) is 18.2. The Labute approximate surface area is 144 Å². The zero-order chi connectivity index (χ0) is 16.4. The minimum absolute atomic E-state index is 0.138. The first kappa shape index (κ1) is 15.7. The average molecular weight is 345 g/mol. The van der Waals surface area contributed by atoms with Crippen molar-refractivity contribution in [3.63, 3.8) is 0 Å². The fraction of sp³-hybridized carbons (Fsp3) is 0.0526. The summed E-state index contributed by atoms with van der Waals surface area (Å²) in [5.74, 6) is 0.869. The number of benzene rings is 3. The van der Waals surface area contributed by atoms with Gasteiger partial charge in [-0.15, -0.1) is 0 Å². The maximum Gasteiger partial charge on any atom is 0.126 e. The van der Waals surface area contributed by atoms with Gasteiger partial charge in [0.25, 0.3) is 0 Å². The Hall–Kier alpha value is -2.16. The van der Waals surface area contributed by atoms with Gasteiger partial charge in [-0.3, -0.25) is 0 Å². The van der Waals surface area contributed by atoms with Gasteiger partial charge in [0.2, 0.25) is 0 Å². The molecule has 0 aliphatic carbocycles. The van der Waals surface area contributed by atoms with Crippen molar-refractivity contribution in [3.8, 4) is 33.8 Å². The molecule has 2 nitrogen and oxygen atoms in total. The predicted octanol–water partition coefficient (Wildman–Crippen LogP) is 6.04. The van der Waals surface area contributed by atoms with Crippen molar-refractivity contribution in [1.29, 1.82) is 0 Å². The third-order valence-electron chi connectivity index (χ3n) is 3.59. The number of rotatable bonds is 3. The first-order valence-corrected chi connectivity index (χ1v) is 7.77. The van der Waals surface area contributed by atoms with E-state index in [1.165, 1.54) is 0 Å². The third-order valence-corrected chi connectivity index (χ3v) is 4.22. The van der Waals surface area contributed by atoms with E-state index >= 15 is 0 Å². The molecule has 0 aliphatic rings. The summed E-state index contributed by atoms with van der Waals surface area (Å²) < 4.78 is 5.40. The Morgan fingerprint density at radius 3 is 2.17 bits per heavy atom. The number of halogens is 2. The van der Waals surface area contributed by atoms with Gasteiger partial charge in [-0.2, -0.15) is 0 Å². The normalized spacial score (nSPS) is 10.6. The quantitative estimate of drug-likeness (QED) is 0.627. The number of hydrogen-bond donors (Lipinski definition) is 1. The molecular weight excluding hydrogens is 331 g/mol. The summed E-state index contributed by atoms with van der Waals surface area (Å²) in [5.41, 5.74) is 3.16. The number of ether oxygens (including phenoxy) is 1. The van der Waals surface area contributed by atoms with Crippen LogP contribution in [0.1, 0.15) is 0 Å². The van der Waals surface area contributed by atoms with Gasteiger partial charge >= 0.3 is 0 Å². The zero-order valence-corrected chi connectivity index (χ0v) is 13.9. The average Bonchev–Trinajstić information content (AvgIpc) is 2.54. The van der Waals surface area contributed by atoms with E-state index in [1.807, 2.05) is 30.3 Å². The molecule has 3 aromatic rings. The largest absolute Gasteiger partial charge is 0.508 e. The van der Waals surface area contributed by atoms with E-state index in [0.29, 0.717) is 15.6 Å². The molecule has 0 spiro atoms. The molecule has 4 heteroatoms. The van der Waals surface area contributed by atoms with Gasteiger partial charge in [0, 0.05) is 21.2 Å². The van der Waals surface area contributed by atoms with Crippen LogP contribution in [0.3, 0.4) is 0 Å². The topological polar surface area (TPSA) is 29.5 Å². The van der Waals surface area contributed by atoms with Crippen LogP contribution in [-0.4, -0.2) is 12.2 Å². The third kappa shape index (κ3) is 3.14. The summed E-state index contributed by atoms with van der Waals surface area (Å²) in [7, 11) is 1.62. The van der Waals surface area contributed by atoms with Crippen molar-refractivity contribution >= 4 is 23.2 Å². The Kier molecular flexibility index (Phi) is 4.46. The molecule has 1 N–H and O–H groups in total. The lowest BCUT2D eigenvalue weighted by Gasteiger charge is -2.12. The van der Waals surface area contributed by atoms with Gasteiger partial charge in [0.1, 0.15) is 11.5 Å². The molecule has 0 fully saturated rings. The van der Waals surface area contributed by atoms with Crippen LogP contribution in [0, 0.1) is 0 Å². The van der Waals surface area contributed by atoms with Gasteiger partial charge in [-0.25, -0.2) is 0 Å². The molecule has 0 aromatic heterocycles. The van der Waals surface area contributed by atoms with Gasteiger partial charge in [-0.05, 0) is 47.5 Å². The van der Waals surface area contributed by atoms with Crippen LogP contribution in [0.5, 0.6) is 11.5 Å². The first-order valence-electron chi connectivity index (χ1n) is 7.02. The van der Waals surface area contributed by atoms with Gasteiger partial charge < -0.3 is 9.84 Å². The fourth-order valence-electron chi connectivity index (χ4n) is 2.57. The Morgan fingerprint density at radius 1 is 0.826 bits per heavy atom. The molecule has 0 amide bonds. The molecule has 0 saturated heterocycles. The Balaban J connectivity index is 2.21. The number of methoxy groups -OCH3 is 1. The van der Waals surface area contributed by atoms with Crippen LogP contribution in [0.15, 0.2) is 60.7 Å². The van der Waals surface area contributed by atoms with E-state index in [2.05, 4.69) is 0 Å². The van der Waals surface area contributed by atoms with Crippen molar-refractivity contribution in [2.75, 3.05) is 7.11 Å². The lowest BCUT2D eigenvalue weighted by Crippen LogP contribution is -1.89. The monoisotopic (exact) mass is 344 g/mol. The summed E-state index contributed by atoms with van der Waals surface area (Å²) in [6.07, 6.45) is 0. The smallest absolute Gasteiger partial charge is 0.126 e.